The Bertz CT molecular complexity index is 432. The average Bonchev–Trinajstić information content (AvgIpc) is 2.23. The van der Waals surface area contributed by atoms with Crippen LogP contribution in [-0.4, -0.2) is 0 Å². The Labute approximate surface area is 103 Å². The Morgan fingerprint density at radius 2 is 1.73 bits per heavy atom. The first kappa shape index (κ1) is 12.1. The number of hydrogen-bond donors (Lipinski definition) is 0. The zero-order valence-corrected chi connectivity index (χ0v) is 10.3. The van der Waals surface area contributed by atoms with Crippen LogP contribution in [0.4, 0.5) is 0 Å². The van der Waals surface area contributed by atoms with E-state index >= 15 is 0 Å². The van der Waals surface area contributed by atoms with Crippen LogP contribution in [0.2, 0.25) is 0 Å². The zero-order valence-electron chi connectivity index (χ0n) is 8.91. The summed E-state index contributed by atoms with van der Waals surface area (Å²) in [6.07, 6.45) is 0. The molecule has 0 saturated carbocycles. The Morgan fingerprint density at radius 1 is 0.933 bits per heavy atom. The van der Waals surface area contributed by atoms with Crippen molar-refractivity contribution in [1.29, 1.82) is 0 Å². The van der Waals surface area contributed by atoms with Crippen LogP contribution in [0.25, 0.3) is 11.1 Å². The van der Waals surface area contributed by atoms with Crippen molar-refractivity contribution in [3.05, 3.63) is 59.7 Å². The molecule has 0 amide bonds. The van der Waals surface area contributed by atoms with Crippen molar-refractivity contribution in [2.75, 3.05) is 0 Å². The summed E-state index contributed by atoms with van der Waals surface area (Å²) in [6, 6.07) is 18.8. The molecule has 0 atom stereocenters. The van der Waals surface area contributed by atoms with Crippen molar-refractivity contribution >= 4 is 0 Å². The van der Waals surface area contributed by atoms with E-state index < -0.39 is 0 Å². The maximum Gasteiger partial charge on any atom is 2.00 e. The Kier molecular flexibility index (Phi) is 4.20. The van der Waals surface area contributed by atoms with Crippen molar-refractivity contribution in [2.24, 2.45) is 0 Å². The first-order valence-corrected chi connectivity index (χ1v) is 4.74. The maximum absolute atomic E-state index is 3.36. The van der Waals surface area contributed by atoms with Gasteiger partial charge in [0.15, 0.2) is 0 Å². The third-order valence-electron chi connectivity index (χ3n) is 2.41. The molecule has 15 heavy (non-hydrogen) atoms. The van der Waals surface area contributed by atoms with Crippen LogP contribution in [0.1, 0.15) is 11.1 Å². The van der Waals surface area contributed by atoms with Crippen molar-refractivity contribution in [3.8, 4) is 11.1 Å². The van der Waals surface area contributed by atoms with E-state index in [1.165, 1.54) is 11.1 Å². The molecule has 0 aliphatic rings. The van der Waals surface area contributed by atoms with E-state index in [1.807, 2.05) is 18.2 Å². The number of rotatable bonds is 1. The predicted molar refractivity (Wildman–Crippen MR) is 59.0 cm³/mol. The van der Waals surface area contributed by atoms with Gasteiger partial charge in [-0.05, 0) is 0 Å². The van der Waals surface area contributed by atoms with E-state index in [0.29, 0.717) is 0 Å². The molecule has 0 aromatic heterocycles. The third-order valence-corrected chi connectivity index (χ3v) is 2.41. The van der Waals surface area contributed by atoms with Crippen LogP contribution >= 0.6 is 0 Å². The first-order valence-electron chi connectivity index (χ1n) is 4.74. The van der Waals surface area contributed by atoms with Gasteiger partial charge in [-0.3, -0.25) is 0 Å². The van der Waals surface area contributed by atoms with Gasteiger partial charge in [0.1, 0.15) is 0 Å². The minimum atomic E-state index is 0. The summed E-state index contributed by atoms with van der Waals surface area (Å²) >= 11 is 0. The Morgan fingerprint density at radius 3 is 2.33 bits per heavy atom. The molecule has 1 radical (unpaired) electrons. The second-order valence-electron chi connectivity index (χ2n) is 3.46. The molecule has 0 heterocycles. The van der Waals surface area contributed by atoms with Crippen LogP contribution in [0.5, 0.6) is 0 Å². The number of aryl methyl sites for hydroxylation is 2. The smallest absolute Gasteiger partial charge is 0.226 e. The van der Waals surface area contributed by atoms with Gasteiger partial charge in [0.25, 0.3) is 0 Å². The van der Waals surface area contributed by atoms with Gasteiger partial charge in [0.05, 0.1) is 0 Å². The van der Waals surface area contributed by atoms with Crippen molar-refractivity contribution in [2.45, 2.75) is 13.8 Å². The molecule has 0 fully saturated rings. The predicted octanol–water partition coefficient (Wildman–Crippen LogP) is 3.57. The number of benzene rings is 2. The first-order chi connectivity index (χ1) is 6.77. The largest absolute Gasteiger partial charge is 2.00 e. The minimum Gasteiger partial charge on any atom is -0.226 e. The molecule has 0 nitrogen and oxygen atoms in total. The van der Waals surface area contributed by atoms with E-state index in [0.717, 1.165) is 11.1 Å². The molecule has 0 N–H and O–H groups in total. The molecule has 73 valence electrons. The molecule has 0 spiro atoms. The molecular formula is C14H12V. The average molecular weight is 231 g/mol. The van der Waals surface area contributed by atoms with Crippen molar-refractivity contribution < 1.29 is 18.6 Å². The van der Waals surface area contributed by atoms with E-state index in [9.17, 15) is 0 Å². The summed E-state index contributed by atoms with van der Waals surface area (Å²) in [4.78, 5) is 0. The Hall–Kier alpha value is -0.976. The quantitative estimate of drug-likeness (QED) is 0.658. The van der Waals surface area contributed by atoms with Gasteiger partial charge in [-0.1, -0.05) is 13.8 Å². The fraction of sp³-hybridized carbons (Fsp3) is 0.143. The summed E-state index contributed by atoms with van der Waals surface area (Å²) in [7, 11) is 0. The monoisotopic (exact) mass is 231 g/mol. The van der Waals surface area contributed by atoms with Crippen LogP contribution in [0.15, 0.2) is 36.4 Å². The molecule has 2 aromatic carbocycles. The fourth-order valence-corrected chi connectivity index (χ4v) is 1.39. The van der Waals surface area contributed by atoms with Crippen LogP contribution in [0, 0.1) is 26.0 Å². The van der Waals surface area contributed by atoms with Gasteiger partial charge in [0, 0.05) is 0 Å². The van der Waals surface area contributed by atoms with Gasteiger partial charge < -0.3 is 0 Å². The summed E-state index contributed by atoms with van der Waals surface area (Å²) in [5.41, 5.74) is 4.72. The van der Waals surface area contributed by atoms with Crippen molar-refractivity contribution in [1.82, 2.24) is 0 Å². The zero-order chi connectivity index (χ0) is 9.97. The van der Waals surface area contributed by atoms with Crippen LogP contribution in [0.3, 0.4) is 0 Å². The van der Waals surface area contributed by atoms with Crippen molar-refractivity contribution in [3.63, 3.8) is 0 Å². The van der Waals surface area contributed by atoms with Gasteiger partial charge in [0.2, 0.25) is 0 Å². The summed E-state index contributed by atoms with van der Waals surface area (Å²) < 4.78 is 0. The second-order valence-corrected chi connectivity index (χ2v) is 3.46. The van der Waals surface area contributed by atoms with Gasteiger partial charge in [-0.15, -0.1) is 17.2 Å². The Balaban J connectivity index is 0.00000112. The van der Waals surface area contributed by atoms with Crippen LogP contribution < -0.4 is 0 Å². The molecule has 1 heteroatoms. The van der Waals surface area contributed by atoms with E-state index in [2.05, 4.69) is 44.2 Å². The maximum atomic E-state index is 3.36. The fourth-order valence-electron chi connectivity index (χ4n) is 1.39. The van der Waals surface area contributed by atoms with E-state index in [4.69, 9.17) is 0 Å². The molecule has 2 rings (SSSR count). The molecule has 0 aliphatic carbocycles. The SMILES string of the molecule is Cc1[c-]c(-c2[c-]cccc2)ccc1C.[V+2]. The molecule has 2 aromatic rings. The standard InChI is InChI=1S/C14H12.V/c1-11-8-9-14(10-12(11)2)13-6-4-3-5-7-13;/h3-6,8-9H,1-2H3;/q-2;+2. The number of hydrogen-bond acceptors (Lipinski definition) is 0. The van der Waals surface area contributed by atoms with Gasteiger partial charge >= 0.3 is 18.6 Å². The molecular weight excluding hydrogens is 219 g/mol. The molecule has 0 aliphatic heterocycles. The van der Waals surface area contributed by atoms with E-state index in [-0.39, 0.29) is 18.6 Å². The van der Waals surface area contributed by atoms with Crippen LogP contribution in [-0.2, 0) is 18.6 Å². The summed E-state index contributed by atoms with van der Waals surface area (Å²) in [5, 5.41) is 0. The summed E-state index contributed by atoms with van der Waals surface area (Å²) in [6.45, 7) is 4.19. The third kappa shape index (κ3) is 2.74. The second kappa shape index (κ2) is 5.20. The molecule has 0 saturated heterocycles. The van der Waals surface area contributed by atoms with Gasteiger partial charge in [-0.25, -0.2) is 11.1 Å². The molecule has 0 bridgehead atoms. The normalized spacial score (nSPS) is 9.47. The molecule has 0 unspecified atom stereocenters. The van der Waals surface area contributed by atoms with E-state index in [1.54, 1.807) is 0 Å². The minimum absolute atomic E-state index is 0. The summed E-state index contributed by atoms with van der Waals surface area (Å²) in [5.74, 6) is 0. The van der Waals surface area contributed by atoms with Gasteiger partial charge in [-0.2, -0.15) is 42.5 Å². The topological polar surface area (TPSA) is 0 Å².